The summed E-state index contributed by atoms with van der Waals surface area (Å²) in [4.78, 5) is 0. The van der Waals surface area contributed by atoms with E-state index in [0.717, 1.165) is 48.3 Å². The number of unbranched alkanes of at least 4 members (excludes halogenated alkanes) is 5. The van der Waals surface area contributed by atoms with E-state index < -0.39 is 0 Å². The van der Waals surface area contributed by atoms with Gasteiger partial charge in [-0.25, -0.2) is 0 Å². The van der Waals surface area contributed by atoms with Gasteiger partial charge in [-0.2, -0.15) is 0 Å². The van der Waals surface area contributed by atoms with Gasteiger partial charge in [0, 0.05) is 0 Å². The van der Waals surface area contributed by atoms with E-state index in [2.05, 4.69) is 27.7 Å². The molecule has 1 N–H and O–H groups in total. The normalized spacial score (nSPS) is 42.3. The minimum absolute atomic E-state index is 0.0547. The van der Waals surface area contributed by atoms with Gasteiger partial charge in [0.05, 0.1) is 6.10 Å². The van der Waals surface area contributed by atoms with Crippen molar-refractivity contribution in [1.29, 1.82) is 0 Å². The SMILES string of the molecule is CCCCCCCCC(O)CC[C@@H](C)[C@H]1CC[C@H]2[C@@H]3CCC4CCCC[C@]4(C)[C@H]3CC[C@]12C. The molecule has 4 fully saturated rings. The number of aliphatic hydroxyl groups excluding tert-OH is 1. The molecule has 4 aliphatic rings. The fourth-order valence-electron chi connectivity index (χ4n) is 10.2. The summed E-state index contributed by atoms with van der Waals surface area (Å²) in [7, 11) is 0. The Morgan fingerprint density at radius 3 is 2.30 bits per heavy atom. The smallest absolute Gasteiger partial charge is 0.0540 e. The summed E-state index contributed by atoms with van der Waals surface area (Å²) < 4.78 is 0. The van der Waals surface area contributed by atoms with E-state index in [0.29, 0.717) is 10.8 Å². The van der Waals surface area contributed by atoms with Crippen LogP contribution in [0.25, 0.3) is 0 Å². The number of hydrogen-bond donors (Lipinski definition) is 1. The maximum Gasteiger partial charge on any atom is 0.0540 e. The van der Waals surface area contributed by atoms with Crippen molar-refractivity contribution in [3.63, 3.8) is 0 Å². The summed E-state index contributed by atoms with van der Waals surface area (Å²) in [6.45, 7) is 10.3. The van der Waals surface area contributed by atoms with Gasteiger partial charge in [-0.1, -0.05) is 79.1 Å². The maximum atomic E-state index is 10.6. The first-order valence-corrected chi connectivity index (χ1v) is 15.6. The molecule has 33 heavy (non-hydrogen) atoms. The van der Waals surface area contributed by atoms with Crippen LogP contribution in [0.3, 0.4) is 0 Å². The molecule has 0 radical (unpaired) electrons. The summed E-state index contributed by atoms with van der Waals surface area (Å²) in [5.41, 5.74) is 1.26. The van der Waals surface area contributed by atoms with Gasteiger partial charge in [-0.15, -0.1) is 0 Å². The molecular weight excluding hydrogens is 400 g/mol. The van der Waals surface area contributed by atoms with Gasteiger partial charge in [0.1, 0.15) is 0 Å². The Kier molecular flexibility index (Phi) is 8.95. The molecule has 0 spiro atoms. The van der Waals surface area contributed by atoms with Crippen molar-refractivity contribution in [2.45, 2.75) is 156 Å². The van der Waals surface area contributed by atoms with Crippen LogP contribution >= 0.6 is 0 Å². The molecule has 0 amide bonds. The Hall–Kier alpha value is -0.0400. The van der Waals surface area contributed by atoms with Crippen molar-refractivity contribution in [2.24, 2.45) is 46.3 Å². The zero-order chi connectivity index (χ0) is 23.5. The molecule has 0 heterocycles. The van der Waals surface area contributed by atoms with Crippen molar-refractivity contribution in [3.8, 4) is 0 Å². The van der Waals surface area contributed by atoms with Crippen molar-refractivity contribution in [2.75, 3.05) is 0 Å². The predicted molar refractivity (Wildman–Crippen MR) is 142 cm³/mol. The largest absolute Gasteiger partial charge is 0.393 e. The molecule has 0 aromatic carbocycles. The zero-order valence-corrected chi connectivity index (χ0v) is 22.9. The van der Waals surface area contributed by atoms with Crippen LogP contribution in [0.2, 0.25) is 0 Å². The van der Waals surface area contributed by atoms with Gasteiger partial charge in [0.2, 0.25) is 0 Å². The van der Waals surface area contributed by atoms with Crippen LogP contribution < -0.4 is 0 Å². The molecule has 0 aliphatic heterocycles. The van der Waals surface area contributed by atoms with Crippen LogP contribution in [-0.4, -0.2) is 11.2 Å². The molecule has 1 nitrogen and oxygen atoms in total. The second kappa shape index (κ2) is 11.3. The molecule has 0 aromatic rings. The molecule has 0 aromatic heterocycles. The quantitative estimate of drug-likeness (QED) is 0.305. The molecule has 192 valence electrons. The van der Waals surface area contributed by atoms with E-state index in [1.807, 2.05) is 0 Å². The lowest BCUT2D eigenvalue weighted by Crippen LogP contribution is -2.53. The number of hydrogen-bond acceptors (Lipinski definition) is 1. The van der Waals surface area contributed by atoms with E-state index >= 15 is 0 Å². The molecule has 4 saturated carbocycles. The van der Waals surface area contributed by atoms with E-state index in [1.54, 1.807) is 6.42 Å². The Labute approximate surface area is 207 Å². The Bertz CT molecular complexity index is 599. The van der Waals surface area contributed by atoms with Gasteiger partial charge in [0.25, 0.3) is 0 Å². The molecule has 0 saturated heterocycles. The summed E-state index contributed by atoms with van der Waals surface area (Å²) >= 11 is 0. The average Bonchev–Trinajstić information content (AvgIpc) is 3.16. The Morgan fingerprint density at radius 1 is 0.727 bits per heavy atom. The first-order valence-electron chi connectivity index (χ1n) is 15.6. The van der Waals surface area contributed by atoms with Crippen LogP contribution in [0.5, 0.6) is 0 Å². The third-order valence-corrected chi connectivity index (χ3v) is 12.2. The standard InChI is InChI=1S/C32H58O/c1-5-6-7-8-9-10-14-26(33)17-15-24(2)28-19-20-29-27-18-16-25-13-11-12-22-31(25,3)30(27)21-23-32(28,29)4/h24-30,33H,5-23H2,1-4H3/t24-,25?,26?,27+,28-,29+,30+,31+,32-/m1/s1. The minimum Gasteiger partial charge on any atom is -0.393 e. The van der Waals surface area contributed by atoms with Gasteiger partial charge in [0.15, 0.2) is 0 Å². The highest BCUT2D eigenvalue weighted by Gasteiger charge is 2.60. The molecule has 2 unspecified atom stereocenters. The molecule has 9 atom stereocenters. The first kappa shape index (κ1) is 26.0. The van der Waals surface area contributed by atoms with Crippen molar-refractivity contribution >= 4 is 0 Å². The number of aliphatic hydroxyl groups is 1. The first-order chi connectivity index (χ1) is 15.9. The van der Waals surface area contributed by atoms with Crippen LogP contribution in [0, 0.1) is 46.3 Å². The van der Waals surface area contributed by atoms with Crippen LogP contribution in [0.15, 0.2) is 0 Å². The summed E-state index contributed by atoms with van der Waals surface area (Å²) in [5, 5.41) is 10.6. The van der Waals surface area contributed by atoms with Crippen LogP contribution in [0.1, 0.15) is 150 Å². The number of rotatable bonds is 11. The second-order valence-corrected chi connectivity index (χ2v) is 13.9. The molecule has 0 bridgehead atoms. The van der Waals surface area contributed by atoms with Crippen LogP contribution in [-0.2, 0) is 0 Å². The van der Waals surface area contributed by atoms with Gasteiger partial charge in [-0.3, -0.25) is 0 Å². The Morgan fingerprint density at radius 2 is 1.48 bits per heavy atom. The highest BCUT2D eigenvalue weighted by molar-refractivity contribution is 5.09. The van der Waals surface area contributed by atoms with Crippen LogP contribution in [0.4, 0.5) is 0 Å². The summed E-state index contributed by atoms with van der Waals surface area (Å²) in [6.07, 6.45) is 26.4. The summed E-state index contributed by atoms with van der Waals surface area (Å²) in [5.74, 6) is 5.79. The third kappa shape index (κ3) is 5.39. The van der Waals surface area contributed by atoms with Crippen molar-refractivity contribution in [1.82, 2.24) is 0 Å². The van der Waals surface area contributed by atoms with E-state index in [4.69, 9.17) is 0 Å². The lowest BCUT2D eigenvalue weighted by Gasteiger charge is -2.61. The monoisotopic (exact) mass is 458 g/mol. The van der Waals surface area contributed by atoms with E-state index in [1.165, 1.54) is 103 Å². The van der Waals surface area contributed by atoms with Gasteiger partial charge >= 0.3 is 0 Å². The third-order valence-electron chi connectivity index (χ3n) is 12.2. The fourth-order valence-corrected chi connectivity index (χ4v) is 10.2. The van der Waals surface area contributed by atoms with E-state index in [-0.39, 0.29) is 6.10 Å². The topological polar surface area (TPSA) is 20.2 Å². The minimum atomic E-state index is -0.0547. The fraction of sp³-hybridized carbons (Fsp3) is 1.00. The number of fused-ring (bicyclic) bond motifs is 5. The van der Waals surface area contributed by atoms with Gasteiger partial charge in [-0.05, 0) is 117 Å². The second-order valence-electron chi connectivity index (χ2n) is 13.9. The maximum absolute atomic E-state index is 10.6. The highest BCUT2D eigenvalue weighted by atomic mass is 16.3. The molecular formula is C32H58O. The van der Waals surface area contributed by atoms with Gasteiger partial charge < -0.3 is 5.11 Å². The molecule has 1 heteroatoms. The molecule has 4 rings (SSSR count). The van der Waals surface area contributed by atoms with E-state index in [9.17, 15) is 5.11 Å². The van der Waals surface area contributed by atoms with Crippen molar-refractivity contribution in [3.05, 3.63) is 0 Å². The summed E-state index contributed by atoms with van der Waals surface area (Å²) in [6, 6.07) is 0. The Balaban J connectivity index is 1.27. The average molecular weight is 459 g/mol. The lowest BCUT2D eigenvalue weighted by molar-refractivity contribution is -0.114. The predicted octanol–water partition coefficient (Wildman–Crippen LogP) is 9.56. The highest BCUT2D eigenvalue weighted by Crippen LogP contribution is 2.68. The lowest BCUT2D eigenvalue weighted by atomic mass is 9.44. The molecule has 4 aliphatic carbocycles. The zero-order valence-electron chi connectivity index (χ0n) is 22.9. The van der Waals surface area contributed by atoms with Crippen molar-refractivity contribution < 1.29 is 5.11 Å².